The number of nitrogens with zero attached hydrogens (tertiary/aromatic N) is 1. The van der Waals surface area contributed by atoms with Crippen molar-refractivity contribution in [3.05, 3.63) is 62.1 Å². The van der Waals surface area contributed by atoms with Gasteiger partial charge < -0.3 is 10.1 Å². The molecule has 1 N–H and O–H groups in total. The van der Waals surface area contributed by atoms with E-state index in [1.807, 2.05) is 0 Å². The summed E-state index contributed by atoms with van der Waals surface area (Å²) in [7, 11) is 0. The molecule has 132 valence electrons. The topological polar surface area (TPSA) is 81.5 Å². The molecule has 0 radical (unpaired) electrons. The highest BCUT2D eigenvalue weighted by Crippen LogP contribution is 2.28. The first-order valence-electron chi connectivity index (χ1n) is 7.91. The number of unbranched alkanes of at least 4 members (excludes halogenated alkanes) is 1. The predicted octanol–water partition coefficient (Wildman–Crippen LogP) is 5.10. The van der Waals surface area contributed by atoms with Gasteiger partial charge >= 0.3 is 0 Å². The van der Waals surface area contributed by atoms with Crippen LogP contribution >= 0.6 is 15.9 Å². The summed E-state index contributed by atoms with van der Waals surface area (Å²) in [5.41, 5.74) is 1.08. The van der Waals surface area contributed by atoms with Crippen LogP contribution in [0.15, 0.2) is 40.9 Å². The molecule has 6 nitrogen and oxygen atoms in total. The number of benzene rings is 2. The van der Waals surface area contributed by atoms with Crippen LogP contribution < -0.4 is 10.1 Å². The second-order valence-corrected chi connectivity index (χ2v) is 6.49. The number of hydrogen-bond acceptors (Lipinski definition) is 4. The van der Waals surface area contributed by atoms with E-state index in [9.17, 15) is 14.9 Å². The lowest BCUT2D eigenvalue weighted by Crippen LogP contribution is -2.15. The van der Waals surface area contributed by atoms with Crippen molar-refractivity contribution in [3.8, 4) is 5.75 Å². The van der Waals surface area contributed by atoms with Crippen molar-refractivity contribution in [2.75, 3.05) is 11.9 Å². The number of rotatable bonds is 7. The van der Waals surface area contributed by atoms with Crippen LogP contribution in [0, 0.1) is 17.0 Å². The fourth-order valence-electron chi connectivity index (χ4n) is 2.22. The second kappa shape index (κ2) is 8.62. The highest BCUT2D eigenvalue weighted by molar-refractivity contribution is 9.10. The number of nitrogens with one attached hydrogen (secondary N) is 1. The van der Waals surface area contributed by atoms with Crippen LogP contribution in [-0.4, -0.2) is 17.4 Å². The molecule has 25 heavy (non-hydrogen) atoms. The molecule has 0 heterocycles. The lowest BCUT2D eigenvalue weighted by molar-refractivity contribution is -0.384. The van der Waals surface area contributed by atoms with Crippen LogP contribution in [0.1, 0.15) is 35.7 Å². The van der Waals surface area contributed by atoms with Crippen molar-refractivity contribution in [1.82, 2.24) is 0 Å². The summed E-state index contributed by atoms with van der Waals surface area (Å²) in [6.07, 6.45) is 1.86. The molecule has 0 saturated carbocycles. The van der Waals surface area contributed by atoms with E-state index in [0.29, 0.717) is 17.9 Å². The van der Waals surface area contributed by atoms with Crippen LogP contribution in [0.25, 0.3) is 0 Å². The van der Waals surface area contributed by atoms with E-state index in [2.05, 4.69) is 28.2 Å². The first-order chi connectivity index (χ1) is 11.9. The first kappa shape index (κ1) is 18.9. The maximum atomic E-state index is 12.6. The van der Waals surface area contributed by atoms with Crippen molar-refractivity contribution in [3.63, 3.8) is 0 Å². The summed E-state index contributed by atoms with van der Waals surface area (Å²) in [4.78, 5) is 23.3. The van der Waals surface area contributed by atoms with Gasteiger partial charge in [0.15, 0.2) is 0 Å². The van der Waals surface area contributed by atoms with E-state index in [0.717, 1.165) is 22.9 Å². The zero-order valence-corrected chi connectivity index (χ0v) is 15.6. The first-order valence-corrected chi connectivity index (χ1v) is 8.70. The van der Waals surface area contributed by atoms with Crippen LogP contribution in [-0.2, 0) is 0 Å². The molecule has 0 aromatic heterocycles. The van der Waals surface area contributed by atoms with Crippen molar-refractivity contribution < 1.29 is 14.5 Å². The third-order valence-electron chi connectivity index (χ3n) is 3.54. The average molecular weight is 407 g/mol. The highest BCUT2D eigenvalue weighted by atomic mass is 79.9. The standard InChI is InChI=1S/C18H19BrN2O4/c1-3-4-9-25-17-8-6-13(19)11-14(17)18(22)20-15-7-5-12(2)10-16(15)21(23)24/h5-8,10-11H,3-4,9H2,1-2H3,(H,20,22). The Labute approximate surface area is 154 Å². The Morgan fingerprint density at radius 3 is 2.72 bits per heavy atom. The van der Waals surface area contributed by atoms with E-state index < -0.39 is 10.8 Å². The van der Waals surface area contributed by atoms with Gasteiger partial charge in [0.25, 0.3) is 11.6 Å². The van der Waals surface area contributed by atoms with Crippen molar-refractivity contribution in [1.29, 1.82) is 0 Å². The quantitative estimate of drug-likeness (QED) is 0.394. The summed E-state index contributed by atoms with van der Waals surface area (Å²) in [5, 5.41) is 13.8. The minimum absolute atomic E-state index is 0.142. The molecule has 1 amide bonds. The molecule has 0 aliphatic carbocycles. The smallest absolute Gasteiger partial charge is 0.293 e. The Morgan fingerprint density at radius 2 is 2.04 bits per heavy atom. The Hall–Kier alpha value is -2.41. The van der Waals surface area contributed by atoms with E-state index in [4.69, 9.17) is 4.74 Å². The lowest BCUT2D eigenvalue weighted by atomic mass is 10.1. The molecule has 0 saturated heterocycles. The molecular formula is C18H19BrN2O4. The third-order valence-corrected chi connectivity index (χ3v) is 4.03. The number of halogens is 1. The van der Waals surface area contributed by atoms with E-state index >= 15 is 0 Å². The number of carbonyl (C=O) groups excluding carboxylic acids is 1. The zero-order chi connectivity index (χ0) is 18.4. The van der Waals surface area contributed by atoms with Crippen LogP contribution in [0.3, 0.4) is 0 Å². The number of nitro groups is 1. The average Bonchev–Trinajstić information content (AvgIpc) is 2.57. The van der Waals surface area contributed by atoms with E-state index in [-0.39, 0.29) is 11.4 Å². The second-order valence-electron chi connectivity index (χ2n) is 5.57. The fraction of sp³-hybridized carbons (Fsp3) is 0.278. The summed E-state index contributed by atoms with van der Waals surface area (Å²) in [5.74, 6) is -0.0105. The van der Waals surface area contributed by atoms with E-state index in [1.165, 1.54) is 12.1 Å². The third kappa shape index (κ3) is 5.03. The normalized spacial score (nSPS) is 10.4. The summed E-state index contributed by atoms with van der Waals surface area (Å²) in [6, 6.07) is 9.79. The van der Waals surface area contributed by atoms with Gasteiger partial charge in [0.2, 0.25) is 0 Å². The number of hydrogen-bond donors (Lipinski definition) is 1. The molecule has 2 aromatic carbocycles. The monoisotopic (exact) mass is 406 g/mol. The van der Waals surface area contributed by atoms with Crippen LogP contribution in [0.2, 0.25) is 0 Å². The number of ether oxygens (including phenoxy) is 1. The largest absolute Gasteiger partial charge is 0.493 e. The number of carbonyl (C=O) groups is 1. The van der Waals surface area contributed by atoms with Gasteiger partial charge in [-0.2, -0.15) is 0 Å². The molecule has 7 heteroatoms. The molecule has 2 rings (SSSR count). The maximum absolute atomic E-state index is 12.6. The van der Waals surface area contributed by atoms with Gasteiger partial charge in [-0.05, 0) is 43.2 Å². The van der Waals surface area contributed by atoms with E-state index in [1.54, 1.807) is 31.2 Å². The minimum atomic E-state index is -0.512. The van der Waals surface area contributed by atoms with Gasteiger partial charge in [-0.1, -0.05) is 35.3 Å². The molecule has 0 bridgehead atoms. The molecule has 0 aliphatic rings. The minimum Gasteiger partial charge on any atom is -0.493 e. The van der Waals surface area contributed by atoms with Crippen LogP contribution in [0.4, 0.5) is 11.4 Å². The van der Waals surface area contributed by atoms with Crippen molar-refractivity contribution >= 4 is 33.2 Å². The number of nitro benzene ring substituents is 1. The van der Waals surface area contributed by atoms with Crippen molar-refractivity contribution in [2.24, 2.45) is 0 Å². The maximum Gasteiger partial charge on any atom is 0.293 e. The molecular weight excluding hydrogens is 388 g/mol. The molecule has 0 unspecified atom stereocenters. The lowest BCUT2D eigenvalue weighted by Gasteiger charge is -2.12. The highest BCUT2D eigenvalue weighted by Gasteiger charge is 2.19. The Morgan fingerprint density at radius 1 is 1.28 bits per heavy atom. The van der Waals surface area contributed by atoms with Gasteiger partial charge in [0.05, 0.1) is 17.1 Å². The predicted molar refractivity (Wildman–Crippen MR) is 100 cm³/mol. The molecule has 0 spiro atoms. The van der Waals surface area contributed by atoms with Gasteiger partial charge in [0.1, 0.15) is 11.4 Å². The summed E-state index contributed by atoms with van der Waals surface area (Å²) < 4.78 is 6.39. The van der Waals surface area contributed by atoms with Gasteiger partial charge in [-0.15, -0.1) is 0 Å². The zero-order valence-electron chi connectivity index (χ0n) is 14.0. The van der Waals surface area contributed by atoms with Gasteiger partial charge in [-0.3, -0.25) is 14.9 Å². The molecule has 0 atom stereocenters. The summed E-state index contributed by atoms with van der Waals surface area (Å²) >= 11 is 3.34. The number of anilines is 1. The Kier molecular flexibility index (Phi) is 6.52. The number of amides is 1. The molecule has 2 aromatic rings. The molecule has 0 aliphatic heterocycles. The van der Waals surface area contributed by atoms with Crippen LogP contribution in [0.5, 0.6) is 5.75 Å². The molecule has 0 fully saturated rings. The SMILES string of the molecule is CCCCOc1ccc(Br)cc1C(=O)Nc1ccc(C)cc1[N+](=O)[O-]. The summed E-state index contributed by atoms with van der Waals surface area (Å²) in [6.45, 7) is 4.31. The Bertz CT molecular complexity index is 793. The van der Waals surface area contributed by atoms with Crippen molar-refractivity contribution in [2.45, 2.75) is 26.7 Å². The fourth-order valence-corrected chi connectivity index (χ4v) is 2.58. The Balaban J connectivity index is 2.29. The van der Waals surface area contributed by atoms with Gasteiger partial charge in [-0.25, -0.2) is 0 Å². The number of aryl methyl sites for hydroxylation is 1. The van der Waals surface area contributed by atoms with Gasteiger partial charge in [0, 0.05) is 10.5 Å².